The first-order chi connectivity index (χ1) is 21.7. The zero-order valence-corrected chi connectivity index (χ0v) is 29.6. The van der Waals surface area contributed by atoms with Crippen LogP contribution < -0.4 is 22.5 Å². The third kappa shape index (κ3) is 32.3. The Balaban J connectivity index is 3.46. The molecule has 0 aliphatic carbocycles. The molecule has 0 saturated heterocycles. The van der Waals surface area contributed by atoms with E-state index in [0.29, 0.717) is 6.42 Å². The Morgan fingerprint density at radius 1 is 0.409 bits per heavy atom. The molecule has 6 heteroatoms. The van der Waals surface area contributed by atoms with Crippen LogP contribution in [0.15, 0.2) is 0 Å². The third-order valence-electron chi connectivity index (χ3n) is 9.54. The van der Waals surface area contributed by atoms with Gasteiger partial charge >= 0.3 is 0 Å². The Morgan fingerprint density at radius 3 is 0.955 bits per heavy atom. The summed E-state index contributed by atoms with van der Waals surface area (Å²) in [4.78, 5) is 23.3. The second-order valence-corrected chi connectivity index (χ2v) is 13.7. The first kappa shape index (κ1) is 42.9. The van der Waals surface area contributed by atoms with E-state index >= 15 is 0 Å². The highest BCUT2D eigenvalue weighted by atomic mass is 16.2. The minimum absolute atomic E-state index is 0.0467. The maximum absolute atomic E-state index is 12.3. The molecule has 1 atom stereocenters. The van der Waals surface area contributed by atoms with Crippen molar-refractivity contribution in [1.82, 2.24) is 10.9 Å². The molecular weight excluding hydrogens is 544 g/mol. The largest absolute Gasteiger partial charge is 0.294 e. The summed E-state index contributed by atoms with van der Waals surface area (Å²) in [6.07, 6.45) is 43.7. The van der Waals surface area contributed by atoms with Crippen LogP contribution in [0.2, 0.25) is 0 Å². The average molecular weight is 623 g/mol. The molecule has 0 bridgehead atoms. The van der Waals surface area contributed by atoms with Gasteiger partial charge in [-0.25, -0.2) is 11.7 Å². The fraction of sp³-hybridized carbons (Fsp3) is 0.947. The number of carbonyl (C=O) groups excluding carboxylic acids is 2. The van der Waals surface area contributed by atoms with Gasteiger partial charge in [-0.15, -0.1) is 0 Å². The second-order valence-electron chi connectivity index (χ2n) is 13.7. The smallest absolute Gasteiger partial charge is 0.236 e. The molecule has 0 aliphatic heterocycles. The van der Waals surface area contributed by atoms with E-state index in [4.69, 9.17) is 11.7 Å². The van der Waals surface area contributed by atoms with Crippen LogP contribution in [0.3, 0.4) is 0 Å². The maximum Gasteiger partial charge on any atom is 0.236 e. The zero-order valence-electron chi connectivity index (χ0n) is 29.6. The molecular formula is C38H78N4O2. The number of amides is 2. The van der Waals surface area contributed by atoms with E-state index < -0.39 is 0 Å². The molecule has 0 radical (unpaired) electrons. The summed E-state index contributed by atoms with van der Waals surface area (Å²) in [5.74, 6) is 10.7. The number of hydrogen-bond donors (Lipinski definition) is 4. The molecule has 6 N–H and O–H groups in total. The topological polar surface area (TPSA) is 110 Å². The minimum Gasteiger partial charge on any atom is -0.294 e. The normalized spacial score (nSPS) is 12.0. The number of nitrogens with one attached hydrogen (secondary N) is 2. The molecule has 0 aromatic rings. The number of hydrogen-bond acceptors (Lipinski definition) is 4. The Kier molecular flexibility index (Phi) is 35.4. The van der Waals surface area contributed by atoms with E-state index in [0.717, 1.165) is 38.5 Å². The monoisotopic (exact) mass is 623 g/mol. The first-order valence-electron chi connectivity index (χ1n) is 19.7. The lowest BCUT2D eigenvalue weighted by atomic mass is 9.93. The van der Waals surface area contributed by atoms with Crippen LogP contribution in [-0.2, 0) is 9.59 Å². The van der Waals surface area contributed by atoms with E-state index in [9.17, 15) is 9.59 Å². The lowest BCUT2D eigenvalue weighted by molar-refractivity contribution is -0.125. The minimum atomic E-state index is -0.0469. The molecule has 6 nitrogen and oxygen atoms in total. The van der Waals surface area contributed by atoms with Crippen molar-refractivity contribution in [3.05, 3.63) is 0 Å². The summed E-state index contributed by atoms with van der Waals surface area (Å²) >= 11 is 0. The molecule has 0 rings (SSSR count). The Hall–Kier alpha value is -1.14. The van der Waals surface area contributed by atoms with Crippen LogP contribution in [0.25, 0.3) is 0 Å². The highest BCUT2D eigenvalue weighted by Crippen LogP contribution is 2.20. The molecule has 0 saturated carbocycles. The van der Waals surface area contributed by atoms with Gasteiger partial charge in [0.05, 0.1) is 0 Å². The fourth-order valence-electron chi connectivity index (χ4n) is 6.51. The van der Waals surface area contributed by atoms with Gasteiger partial charge in [0, 0.05) is 12.3 Å². The molecule has 0 aromatic heterocycles. The summed E-state index contributed by atoms with van der Waals surface area (Å²) in [6.45, 7) is 2.29. The van der Waals surface area contributed by atoms with Gasteiger partial charge in [0.1, 0.15) is 0 Å². The average Bonchev–Trinajstić information content (AvgIpc) is 3.04. The van der Waals surface area contributed by atoms with Crippen LogP contribution in [-0.4, -0.2) is 11.8 Å². The molecule has 0 aromatic carbocycles. The quantitative estimate of drug-likeness (QED) is 0.0241. The maximum atomic E-state index is 12.3. The van der Waals surface area contributed by atoms with Crippen molar-refractivity contribution in [2.75, 3.05) is 0 Å². The zero-order chi connectivity index (χ0) is 32.2. The molecule has 44 heavy (non-hydrogen) atoms. The van der Waals surface area contributed by atoms with Gasteiger partial charge in [-0.05, 0) is 19.3 Å². The second kappa shape index (κ2) is 36.3. The summed E-state index contributed by atoms with van der Waals surface area (Å²) in [7, 11) is 0. The van der Waals surface area contributed by atoms with E-state index in [1.54, 1.807) is 0 Å². The number of unbranched alkanes of at least 4 members (excludes halogenated alkanes) is 29. The fourth-order valence-corrected chi connectivity index (χ4v) is 6.51. The lowest BCUT2D eigenvalue weighted by Crippen LogP contribution is -2.35. The van der Waals surface area contributed by atoms with Crippen LogP contribution in [0.5, 0.6) is 0 Å². The van der Waals surface area contributed by atoms with Gasteiger partial charge in [0.2, 0.25) is 11.8 Å². The summed E-state index contributed by atoms with van der Waals surface area (Å²) in [5.41, 5.74) is 4.62. The lowest BCUT2D eigenvalue weighted by Gasteiger charge is -2.15. The highest BCUT2D eigenvalue weighted by Gasteiger charge is 2.16. The summed E-state index contributed by atoms with van der Waals surface area (Å²) in [5, 5.41) is 0. The molecule has 262 valence electrons. The van der Waals surface area contributed by atoms with Crippen LogP contribution in [0.1, 0.15) is 225 Å². The van der Waals surface area contributed by atoms with E-state index in [1.807, 2.05) is 0 Å². The van der Waals surface area contributed by atoms with Crippen LogP contribution in [0, 0.1) is 5.92 Å². The Morgan fingerprint density at radius 2 is 0.682 bits per heavy atom. The van der Waals surface area contributed by atoms with Gasteiger partial charge in [0.15, 0.2) is 0 Å². The van der Waals surface area contributed by atoms with Gasteiger partial charge in [0.25, 0.3) is 0 Å². The van der Waals surface area contributed by atoms with Crippen molar-refractivity contribution in [2.45, 2.75) is 225 Å². The SMILES string of the molecule is CCCCCCCCCCCCCCCCC(CCCCCCCCCCCCCCCCCCCC(=O)NN)C(=O)NN. The van der Waals surface area contributed by atoms with Crippen LogP contribution in [0.4, 0.5) is 0 Å². The number of carbonyl (C=O) groups is 2. The summed E-state index contributed by atoms with van der Waals surface area (Å²) < 4.78 is 0. The number of rotatable bonds is 36. The number of hydrazine groups is 2. The Labute approximate surface area is 274 Å². The first-order valence-corrected chi connectivity index (χ1v) is 19.7. The standard InChI is InChI=1S/C38H78N4O2/c1-2-3-4-5-6-7-8-9-15-18-21-24-27-30-33-36(38(44)42-40)34-31-28-25-22-19-16-13-11-10-12-14-17-20-23-26-29-32-35-37(43)41-39/h36H,2-35,39-40H2,1H3,(H,41,43)(H,42,44). The van der Waals surface area contributed by atoms with Gasteiger partial charge in [-0.3, -0.25) is 20.4 Å². The molecule has 0 heterocycles. The van der Waals surface area contributed by atoms with E-state index in [1.165, 1.54) is 173 Å². The van der Waals surface area contributed by atoms with Crippen molar-refractivity contribution < 1.29 is 9.59 Å². The van der Waals surface area contributed by atoms with Gasteiger partial charge in [-0.2, -0.15) is 0 Å². The number of nitrogens with two attached hydrogens (primary N) is 2. The molecule has 0 fully saturated rings. The van der Waals surface area contributed by atoms with E-state index in [-0.39, 0.29) is 17.7 Å². The Bertz CT molecular complexity index is 601. The molecule has 0 spiro atoms. The van der Waals surface area contributed by atoms with Gasteiger partial charge in [-0.1, -0.05) is 200 Å². The molecule has 2 amide bonds. The third-order valence-corrected chi connectivity index (χ3v) is 9.54. The predicted octanol–water partition coefficient (Wildman–Crippen LogP) is 10.9. The highest BCUT2D eigenvalue weighted by molar-refractivity contribution is 5.77. The van der Waals surface area contributed by atoms with Gasteiger partial charge < -0.3 is 0 Å². The van der Waals surface area contributed by atoms with Crippen molar-refractivity contribution in [2.24, 2.45) is 17.6 Å². The van der Waals surface area contributed by atoms with Crippen molar-refractivity contribution in [3.63, 3.8) is 0 Å². The summed E-state index contributed by atoms with van der Waals surface area (Å²) in [6, 6.07) is 0. The van der Waals surface area contributed by atoms with E-state index in [2.05, 4.69) is 17.8 Å². The molecule has 1 unspecified atom stereocenters. The molecule has 0 aliphatic rings. The van der Waals surface area contributed by atoms with Crippen LogP contribution >= 0.6 is 0 Å². The van der Waals surface area contributed by atoms with Crippen molar-refractivity contribution >= 4 is 11.8 Å². The van der Waals surface area contributed by atoms with Crippen molar-refractivity contribution in [1.29, 1.82) is 0 Å². The van der Waals surface area contributed by atoms with Crippen molar-refractivity contribution in [3.8, 4) is 0 Å². The predicted molar refractivity (Wildman–Crippen MR) is 191 cm³/mol.